The van der Waals surface area contributed by atoms with Crippen molar-refractivity contribution >= 4 is 23.4 Å². The Labute approximate surface area is 145 Å². The van der Waals surface area contributed by atoms with Gasteiger partial charge < -0.3 is 9.80 Å². The Kier molecular flexibility index (Phi) is 4.49. The third kappa shape index (κ3) is 2.85. The van der Waals surface area contributed by atoms with E-state index in [9.17, 15) is 9.59 Å². The fourth-order valence-electron chi connectivity index (χ4n) is 2.76. The Morgan fingerprint density at radius 1 is 1.33 bits per heavy atom. The number of aryl methyl sites for hydroxylation is 1. The third-order valence-corrected chi connectivity index (χ3v) is 4.31. The second-order valence-electron chi connectivity index (χ2n) is 5.56. The molecule has 0 radical (unpaired) electrons. The summed E-state index contributed by atoms with van der Waals surface area (Å²) in [5, 5.41) is 0.186. The molecule has 124 valence electrons. The van der Waals surface area contributed by atoms with E-state index in [0.717, 1.165) is 5.56 Å². The van der Waals surface area contributed by atoms with Crippen LogP contribution >= 0.6 is 11.6 Å². The highest BCUT2D eigenvalue weighted by molar-refractivity contribution is 6.33. The van der Waals surface area contributed by atoms with E-state index in [2.05, 4.69) is 9.97 Å². The van der Waals surface area contributed by atoms with Crippen LogP contribution in [-0.2, 0) is 11.2 Å². The SMILES string of the molecule is CCc1ncc(Cl)c(C(=O)N2CC(=O)N(C)C2c2ccccc2)n1. The lowest BCUT2D eigenvalue weighted by Crippen LogP contribution is -2.35. The average molecular weight is 345 g/mol. The topological polar surface area (TPSA) is 66.4 Å². The minimum atomic E-state index is -0.470. The van der Waals surface area contributed by atoms with Crippen LogP contribution in [0.25, 0.3) is 0 Å². The Morgan fingerprint density at radius 2 is 2.04 bits per heavy atom. The maximum Gasteiger partial charge on any atom is 0.276 e. The van der Waals surface area contributed by atoms with Gasteiger partial charge in [0.2, 0.25) is 5.91 Å². The fourth-order valence-corrected chi connectivity index (χ4v) is 2.93. The normalized spacial score (nSPS) is 17.5. The van der Waals surface area contributed by atoms with Crippen LogP contribution < -0.4 is 0 Å². The van der Waals surface area contributed by atoms with Crippen LogP contribution in [0.1, 0.15) is 35.0 Å². The van der Waals surface area contributed by atoms with Gasteiger partial charge in [-0.15, -0.1) is 0 Å². The summed E-state index contributed by atoms with van der Waals surface area (Å²) >= 11 is 6.12. The van der Waals surface area contributed by atoms with E-state index in [1.54, 1.807) is 11.9 Å². The lowest BCUT2D eigenvalue weighted by Gasteiger charge is -2.28. The van der Waals surface area contributed by atoms with Gasteiger partial charge in [-0.2, -0.15) is 0 Å². The van der Waals surface area contributed by atoms with E-state index < -0.39 is 6.17 Å². The fraction of sp³-hybridized carbons (Fsp3) is 0.294. The zero-order valence-electron chi connectivity index (χ0n) is 13.4. The molecule has 2 amide bonds. The first-order chi connectivity index (χ1) is 11.5. The molecule has 0 N–H and O–H groups in total. The molecule has 0 saturated carbocycles. The summed E-state index contributed by atoms with van der Waals surface area (Å²) in [5.74, 6) is 0.0413. The summed E-state index contributed by atoms with van der Waals surface area (Å²) in [6, 6.07) is 9.42. The molecule has 1 aromatic carbocycles. The summed E-state index contributed by atoms with van der Waals surface area (Å²) in [5.41, 5.74) is 0.993. The van der Waals surface area contributed by atoms with E-state index in [-0.39, 0.29) is 29.1 Å². The maximum absolute atomic E-state index is 13.0. The number of rotatable bonds is 3. The summed E-state index contributed by atoms with van der Waals surface area (Å²) < 4.78 is 0. The number of likely N-dealkylation sites (N-methyl/N-ethyl adjacent to an activating group) is 1. The maximum atomic E-state index is 13.0. The van der Waals surface area contributed by atoms with Crippen LogP contribution in [0.15, 0.2) is 36.5 Å². The molecule has 0 aliphatic carbocycles. The number of halogens is 1. The Hall–Kier alpha value is -2.47. The molecule has 7 heteroatoms. The van der Waals surface area contributed by atoms with Gasteiger partial charge in [0.25, 0.3) is 5.91 Å². The molecule has 0 bridgehead atoms. The quantitative estimate of drug-likeness (QED) is 0.857. The predicted molar refractivity (Wildman–Crippen MR) is 89.4 cm³/mol. The first-order valence-corrected chi connectivity index (χ1v) is 8.03. The molecule has 1 aliphatic heterocycles. The molecule has 1 unspecified atom stereocenters. The molecule has 24 heavy (non-hydrogen) atoms. The van der Waals surface area contributed by atoms with E-state index >= 15 is 0 Å². The van der Waals surface area contributed by atoms with Gasteiger partial charge in [0.1, 0.15) is 18.5 Å². The molecule has 1 atom stereocenters. The van der Waals surface area contributed by atoms with Gasteiger partial charge in [-0.1, -0.05) is 48.9 Å². The molecular formula is C17H17ClN4O2. The third-order valence-electron chi connectivity index (χ3n) is 4.03. The highest BCUT2D eigenvalue weighted by Crippen LogP contribution is 2.31. The summed E-state index contributed by atoms with van der Waals surface area (Å²) in [6.45, 7) is 1.90. The van der Waals surface area contributed by atoms with E-state index in [4.69, 9.17) is 11.6 Å². The Morgan fingerprint density at radius 3 is 2.71 bits per heavy atom. The van der Waals surface area contributed by atoms with Crippen molar-refractivity contribution in [3.05, 3.63) is 58.6 Å². The highest BCUT2D eigenvalue weighted by Gasteiger charge is 2.40. The second kappa shape index (κ2) is 6.57. The summed E-state index contributed by atoms with van der Waals surface area (Å²) in [6.07, 6.45) is 1.56. The van der Waals surface area contributed by atoms with Crippen LogP contribution in [0.3, 0.4) is 0 Å². The largest absolute Gasteiger partial charge is 0.320 e. The molecule has 3 rings (SSSR count). The van der Waals surface area contributed by atoms with Crippen molar-refractivity contribution in [2.24, 2.45) is 0 Å². The number of amides is 2. The number of carbonyl (C=O) groups excluding carboxylic acids is 2. The molecule has 1 aliphatic rings. The van der Waals surface area contributed by atoms with Crippen LogP contribution in [0.4, 0.5) is 0 Å². The van der Waals surface area contributed by atoms with Gasteiger partial charge in [0, 0.05) is 13.5 Å². The first kappa shape index (κ1) is 16.4. The first-order valence-electron chi connectivity index (χ1n) is 7.66. The van der Waals surface area contributed by atoms with Gasteiger partial charge in [-0.3, -0.25) is 9.59 Å². The van der Waals surface area contributed by atoms with Gasteiger partial charge in [0.05, 0.1) is 11.2 Å². The number of aromatic nitrogens is 2. The van der Waals surface area contributed by atoms with E-state index in [1.807, 2.05) is 37.3 Å². The van der Waals surface area contributed by atoms with Crippen LogP contribution in [-0.4, -0.2) is 45.2 Å². The van der Waals surface area contributed by atoms with Crippen molar-refractivity contribution in [1.29, 1.82) is 0 Å². The molecule has 1 aromatic heterocycles. The van der Waals surface area contributed by atoms with Crippen molar-refractivity contribution in [1.82, 2.24) is 19.8 Å². The summed E-state index contributed by atoms with van der Waals surface area (Å²) in [7, 11) is 1.69. The zero-order chi connectivity index (χ0) is 17.3. The van der Waals surface area contributed by atoms with Crippen molar-refractivity contribution in [3.63, 3.8) is 0 Å². The molecule has 2 heterocycles. The number of carbonyl (C=O) groups is 2. The Bertz CT molecular complexity index is 781. The number of hydrogen-bond donors (Lipinski definition) is 0. The monoisotopic (exact) mass is 344 g/mol. The van der Waals surface area contributed by atoms with Gasteiger partial charge in [0.15, 0.2) is 5.69 Å². The lowest BCUT2D eigenvalue weighted by atomic mass is 10.1. The van der Waals surface area contributed by atoms with Crippen molar-refractivity contribution in [2.45, 2.75) is 19.5 Å². The predicted octanol–water partition coefficient (Wildman–Crippen LogP) is 2.31. The standard InChI is InChI=1S/C17H17ClN4O2/c1-3-13-19-9-12(18)15(20-13)17(24)22-10-14(23)21(2)16(22)11-7-5-4-6-8-11/h4-9,16H,3,10H2,1-2H3. The molecule has 1 fully saturated rings. The second-order valence-corrected chi connectivity index (χ2v) is 5.97. The van der Waals surface area contributed by atoms with Gasteiger partial charge >= 0.3 is 0 Å². The molecule has 1 saturated heterocycles. The van der Waals surface area contributed by atoms with Crippen molar-refractivity contribution in [2.75, 3.05) is 13.6 Å². The number of hydrogen-bond acceptors (Lipinski definition) is 4. The molecular weight excluding hydrogens is 328 g/mol. The van der Waals surface area contributed by atoms with E-state index in [1.165, 1.54) is 11.1 Å². The molecule has 0 spiro atoms. The zero-order valence-corrected chi connectivity index (χ0v) is 14.2. The minimum Gasteiger partial charge on any atom is -0.320 e. The smallest absolute Gasteiger partial charge is 0.276 e. The average Bonchev–Trinajstić information content (AvgIpc) is 2.90. The highest BCUT2D eigenvalue weighted by atomic mass is 35.5. The van der Waals surface area contributed by atoms with Crippen molar-refractivity contribution in [3.8, 4) is 0 Å². The lowest BCUT2D eigenvalue weighted by molar-refractivity contribution is -0.126. The molecule has 2 aromatic rings. The van der Waals surface area contributed by atoms with Gasteiger partial charge in [-0.05, 0) is 5.56 Å². The number of nitrogens with zero attached hydrogens (tertiary/aromatic N) is 4. The Balaban J connectivity index is 2.00. The van der Waals surface area contributed by atoms with E-state index in [0.29, 0.717) is 12.2 Å². The summed E-state index contributed by atoms with van der Waals surface area (Å²) in [4.78, 5) is 36.5. The minimum absolute atomic E-state index is 0.00329. The van der Waals surface area contributed by atoms with Crippen LogP contribution in [0, 0.1) is 0 Å². The van der Waals surface area contributed by atoms with Crippen LogP contribution in [0.5, 0.6) is 0 Å². The van der Waals surface area contributed by atoms with Crippen molar-refractivity contribution < 1.29 is 9.59 Å². The number of benzene rings is 1. The van der Waals surface area contributed by atoms with Gasteiger partial charge in [-0.25, -0.2) is 9.97 Å². The van der Waals surface area contributed by atoms with Crippen LogP contribution in [0.2, 0.25) is 5.02 Å². The molecule has 6 nitrogen and oxygen atoms in total.